The van der Waals surface area contributed by atoms with Gasteiger partial charge in [-0.3, -0.25) is 0 Å². The molecule has 0 fully saturated rings. The van der Waals surface area contributed by atoms with Crippen LogP contribution >= 0.6 is 0 Å². The van der Waals surface area contributed by atoms with Crippen LogP contribution in [0.4, 0.5) is 5.69 Å². The van der Waals surface area contributed by atoms with E-state index in [0.717, 1.165) is 38.7 Å². The molecule has 1 aliphatic rings. The van der Waals surface area contributed by atoms with E-state index in [9.17, 15) is 5.11 Å². The van der Waals surface area contributed by atoms with Crippen LogP contribution in [0.5, 0.6) is 0 Å². The highest BCUT2D eigenvalue weighted by atomic mass is 16.3. The molecular weight excluding hydrogens is 306 g/mol. The summed E-state index contributed by atoms with van der Waals surface area (Å²) < 4.78 is 0. The average Bonchev–Trinajstić information content (AvgIpc) is 2.98. The smallest absolute Gasteiger partial charge is 0.190 e. The van der Waals surface area contributed by atoms with Crippen molar-refractivity contribution in [3.8, 4) is 11.1 Å². The number of hydrogen-bond donors (Lipinski definition) is 2. The van der Waals surface area contributed by atoms with Crippen molar-refractivity contribution in [3.05, 3.63) is 102 Å². The number of benzene rings is 4. The van der Waals surface area contributed by atoms with E-state index < -0.39 is 5.72 Å². The molecule has 25 heavy (non-hydrogen) atoms. The standard InChI is InChI=1S/C23H17NO/c25-23(19-13-5-4-12-18(19)16-8-2-1-3-9-16)20-14-6-10-17-11-7-15-21(24-23)22(17)20/h1-15,24-25H. The fourth-order valence-electron chi connectivity index (χ4n) is 3.89. The number of nitrogens with one attached hydrogen (secondary N) is 1. The monoisotopic (exact) mass is 323 g/mol. The molecule has 1 atom stereocenters. The SMILES string of the molecule is OC1(c2ccccc2-c2ccccc2)Nc2cccc3cccc1c23. The molecule has 0 saturated carbocycles. The van der Waals surface area contributed by atoms with Gasteiger partial charge >= 0.3 is 0 Å². The first-order chi connectivity index (χ1) is 12.3. The van der Waals surface area contributed by atoms with Gasteiger partial charge in [0.15, 0.2) is 5.72 Å². The molecule has 0 amide bonds. The van der Waals surface area contributed by atoms with Crippen molar-refractivity contribution in [1.29, 1.82) is 0 Å². The summed E-state index contributed by atoms with van der Waals surface area (Å²) in [5, 5.41) is 17.3. The van der Waals surface area contributed by atoms with E-state index >= 15 is 0 Å². The highest BCUT2D eigenvalue weighted by Crippen LogP contribution is 2.46. The zero-order valence-electron chi connectivity index (χ0n) is 13.6. The van der Waals surface area contributed by atoms with Crippen LogP contribution in [0.3, 0.4) is 0 Å². The molecule has 4 aromatic rings. The second kappa shape index (κ2) is 5.20. The predicted molar refractivity (Wildman–Crippen MR) is 102 cm³/mol. The highest BCUT2D eigenvalue weighted by molar-refractivity contribution is 6.01. The highest BCUT2D eigenvalue weighted by Gasteiger charge is 2.40. The molecular formula is C23H17NO. The fourth-order valence-corrected chi connectivity index (χ4v) is 3.89. The molecule has 0 spiro atoms. The Hall–Kier alpha value is -3.10. The summed E-state index contributed by atoms with van der Waals surface area (Å²) in [6, 6.07) is 30.5. The lowest BCUT2D eigenvalue weighted by Gasteiger charge is -2.28. The van der Waals surface area contributed by atoms with E-state index in [1.165, 1.54) is 0 Å². The molecule has 0 aromatic heterocycles. The topological polar surface area (TPSA) is 32.3 Å². The lowest BCUT2D eigenvalue weighted by molar-refractivity contribution is 0.118. The lowest BCUT2D eigenvalue weighted by atomic mass is 9.88. The minimum Gasteiger partial charge on any atom is -0.363 e. The average molecular weight is 323 g/mol. The van der Waals surface area contributed by atoms with E-state index in [2.05, 4.69) is 35.6 Å². The minimum atomic E-state index is -1.24. The van der Waals surface area contributed by atoms with Crippen LogP contribution in [-0.4, -0.2) is 5.11 Å². The second-order valence-electron chi connectivity index (χ2n) is 6.46. The normalized spacial score (nSPS) is 18.3. The molecule has 2 N–H and O–H groups in total. The van der Waals surface area contributed by atoms with Gasteiger partial charge in [-0.15, -0.1) is 0 Å². The van der Waals surface area contributed by atoms with Crippen LogP contribution < -0.4 is 5.32 Å². The Bertz CT molecular complexity index is 1080. The molecule has 4 aromatic carbocycles. The van der Waals surface area contributed by atoms with Crippen LogP contribution in [0, 0.1) is 0 Å². The zero-order valence-corrected chi connectivity index (χ0v) is 13.6. The summed E-state index contributed by atoms with van der Waals surface area (Å²) in [6.45, 7) is 0. The Morgan fingerprint density at radius 1 is 0.640 bits per heavy atom. The van der Waals surface area contributed by atoms with Crippen LogP contribution in [0.1, 0.15) is 11.1 Å². The van der Waals surface area contributed by atoms with Crippen molar-refractivity contribution in [1.82, 2.24) is 0 Å². The number of aliphatic hydroxyl groups is 1. The molecule has 2 nitrogen and oxygen atoms in total. The second-order valence-corrected chi connectivity index (χ2v) is 6.46. The van der Waals surface area contributed by atoms with Gasteiger partial charge in [-0.05, 0) is 22.6 Å². The molecule has 0 bridgehead atoms. The molecule has 1 unspecified atom stereocenters. The number of hydrogen-bond acceptors (Lipinski definition) is 2. The quantitative estimate of drug-likeness (QED) is 0.536. The van der Waals surface area contributed by atoms with Gasteiger partial charge in [-0.1, -0.05) is 84.9 Å². The Morgan fingerprint density at radius 2 is 1.32 bits per heavy atom. The molecule has 0 aliphatic carbocycles. The third-order valence-electron chi connectivity index (χ3n) is 5.01. The third kappa shape index (κ3) is 2.01. The summed E-state index contributed by atoms with van der Waals surface area (Å²) in [4.78, 5) is 0. The Balaban J connectivity index is 1.78. The molecule has 1 heterocycles. The fraction of sp³-hybridized carbons (Fsp3) is 0.0435. The predicted octanol–water partition coefficient (Wildman–Crippen LogP) is 5.13. The van der Waals surface area contributed by atoms with Crippen LogP contribution in [0.25, 0.3) is 21.9 Å². The molecule has 0 saturated heterocycles. The van der Waals surface area contributed by atoms with Crippen molar-refractivity contribution in [2.24, 2.45) is 0 Å². The van der Waals surface area contributed by atoms with Crippen molar-refractivity contribution in [3.63, 3.8) is 0 Å². The third-order valence-corrected chi connectivity index (χ3v) is 5.01. The van der Waals surface area contributed by atoms with Crippen molar-refractivity contribution >= 4 is 16.5 Å². The van der Waals surface area contributed by atoms with Gasteiger partial charge in [0.25, 0.3) is 0 Å². The van der Waals surface area contributed by atoms with Crippen molar-refractivity contribution < 1.29 is 5.11 Å². The largest absolute Gasteiger partial charge is 0.363 e. The summed E-state index contributed by atoms with van der Waals surface area (Å²) >= 11 is 0. The van der Waals surface area contributed by atoms with E-state index in [4.69, 9.17) is 0 Å². The maximum absolute atomic E-state index is 11.7. The minimum absolute atomic E-state index is 0.866. The van der Waals surface area contributed by atoms with Crippen molar-refractivity contribution in [2.75, 3.05) is 5.32 Å². The Labute approximate surface area is 146 Å². The van der Waals surface area contributed by atoms with Crippen molar-refractivity contribution in [2.45, 2.75) is 5.72 Å². The van der Waals surface area contributed by atoms with Gasteiger partial charge < -0.3 is 10.4 Å². The number of rotatable bonds is 2. The van der Waals surface area contributed by atoms with Gasteiger partial charge in [0, 0.05) is 22.2 Å². The molecule has 2 heteroatoms. The van der Waals surface area contributed by atoms with E-state index in [1.807, 2.05) is 60.7 Å². The molecule has 0 radical (unpaired) electrons. The van der Waals surface area contributed by atoms with E-state index in [0.29, 0.717) is 0 Å². The van der Waals surface area contributed by atoms with Crippen LogP contribution in [-0.2, 0) is 5.72 Å². The molecule has 5 rings (SSSR count). The molecule has 120 valence electrons. The first-order valence-corrected chi connectivity index (χ1v) is 8.45. The lowest BCUT2D eigenvalue weighted by Crippen LogP contribution is -2.33. The van der Waals surface area contributed by atoms with Gasteiger partial charge in [0.1, 0.15) is 0 Å². The summed E-state index contributed by atoms with van der Waals surface area (Å²) in [7, 11) is 0. The van der Waals surface area contributed by atoms with E-state index in [-0.39, 0.29) is 0 Å². The van der Waals surface area contributed by atoms with Gasteiger partial charge in [0.2, 0.25) is 0 Å². The molecule has 1 aliphatic heterocycles. The van der Waals surface area contributed by atoms with Gasteiger partial charge in [-0.2, -0.15) is 0 Å². The van der Waals surface area contributed by atoms with Crippen LogP contribution in [0.15, 0.2) is 91.0 Å². The first kappa shape index (κ1) is 14.3. The Kier molecular flexibility index (Phi) is 2.97. The van der Waals surface area contributed by atoms with E-state index in [1.54, 1.807) is 0 Å². The van der Waals surface area contributed by atoms with Crippen LogP contribution in [0.2, 0.25) is 0 Å². The number of anilines is 1. The zero-order chi connectivity index (χ0) is 16.9. The van der Waals surface area contributed by atoms with Gasteiger partial charge in [-0.25, -0.2) is 0 Å². The van der Waals surface area contributed by atoms with Gasteiger partial charge in [0.05, 0.1) is 0 Å². The first-order valence-electron chi connectivity index (χ1n) is 8.45. The summed E-state index contributed by atoms with van der Waals surface area (Å²) in [6.07, 6.45) is 0. The maximum atomic E-state index is 11.7. The Morgan fingerprint density at radius 3 is 2.16 bits per heavy atom. The summed E-state index contributed by atoms with van der Waals surface area (Å²) in [5.74, 6) is 0. The maximum Gasteiger partial charge on any atom is 0.190 e. The summed E-state index contributed by atoms with van der Waals surface area (Å²) in [5.41, 5.74) is 3.63.